The Hall–Kier alpha value is -2.12. The molecule has 0 unspecified atom stereocenters. The van der Waals surface area contributed by atoms with Gasteiger partial charge in [0.1, 0.15) is 11.6 Å². The molecule has 30 heavy (non-hydrogen) atoms. The van der Waals surface area contributed by atoms with Crippen molar-refractivity contribution < 1.29 is 39.2 Å². The summed E-state index contributed by atoms with van der Waals surface area (Å²) in [6.07, 6.45) is 4.14. The first-order valence-corrected chi connectivity index (χ1v) is 10.5. The minimum atomic E-state index is -1.80. The molecule has 8 heteroatoms. The molecule has 2 aliphatic carbocycles. The molecule has 2 fully saturated rings. The highest BCUT2D eigenvalue weighted by molar-refractivity contribution is 5.79. The van der Waals surface area contributed by atoms with Crippen molar-refractivity contribution in [1.82, 2.24) is 0 Å². The van der Waals surface area contributed by atoms with E-state index < -0.39 is 12.3 Å². The third kappa shape index (κ3) is 13.2. The molecule has 0 aromatic heterocycles. The zero-order valence-corrected chi connectivity index (χ0v) is 19.2. The van der Waals surface area contributed by atoms with Crippen molar-refractivity contribution in [1.29, 1.82) is 0 Å². The standard InChI is InChI=1S/2C10H18O.C2H2O6/c2*1-10(2,3)8-4-6-9(11)7-5-8;3-1(4)7-8-2(5)6/h2*8H,4-7H2,1-3H3;(H,3,4)(H,5,6). The lowest BCUT2D eigenvalue weighted by Gasteiger charge is -2.33. The number of hydrogen-bond donors (Lipinski definition) is 2. The summed E-state index contributed by atoms with van der Waals surface area (Å²) in [5, 5.41) is 15.1. The van der Waals surface area contributed by atoms with Crippen LogP contribution in [0, 0.1) is 22.7 Å². The Balaban J connectivity index is 0.000000428. The minimum absolute atomic E-state index is 0.403. The van der Waals surface area contributed by atoms with Crippen LogP contribution in [0.2, 0.25) is 0 Å². The Morgan fingerprint density at radius 2 is 0.900 bits per heavy atom. The van der Waals surface area contributed by atoms with Crippen molar-refractivity contribution in [3.63, 3.8) is 0 Å². The highest BCUT2D eigenvalue weighted by atomic mass is 17.2. The lowest BCUT2D eigenvalue weighted by molar-refractivity contribution is -0.208. The number of carbonyl (C=O) groups is 4. The topological polar surface area (TPSA) is 127 Å². The predicted molar refractivity (Wildman–Crippen MR) is 111 cm³/mol. The molecule has 174 valence electrons. The van der Waals surface area contributed by atoms with Crippen molar-refractivity contribution in [2.45, 2.75) is 92.9 Å². The van der Waals surface area contributed by atoms with Crippen LogP contribution in [-0.4, -0.2) is 34.1 Å². The van der Waals surface area contributed by atoms with E-state index in [2.05, 4.69) is 51.3 Å². The highest BCUT2D eigenvalue weighted by Crippen LogP contribution is 2.37. The van der Waals surface area contributed by atoms with Gasteiger partial charge in [0.25, 0.3) is 0 Å². The second-order valence-corrected chi connectivity index (χ2v) is 10.1. The summed E-state index contributed by atoms with van der Waals surface area (Å²) in [5.41, 5.74) is 0.807. The van der Waals surface area contributed by atoms with Crippen molar-refractivity contribution in [2.75, 3.05) is 0 Å². The van der Waals surface area contributed by atoms with Gasteiger partial charge in [0.15, 0.2) is 0 Å². The molecule has 0 aliphatic heterocycles. The summed E-state index contributed by atoms with van der Waals surface area (Å²) in [7, 11) is 0. The average molecular weight is 431 g/mol. The van der Waals surface area contributed by atoms with E-state index in [0.717, 1.165) is 63.2 Å². The fourth-order valence-electron chi connectivity index (χ4n) is 3.68. The molecule has 2 rings (SSSR count). The summed E-state index contributed by atoms with van der Waals surface area (Å²) in [5.74, 6) is 2.46. The van der Waals surface area contributed by atoms with Crippen LogP contribution in [0.15, 0.2) is 0 Å². The number of carboxylic acid groups (broad SMARTS) is 2. The normalized spacial score (nSPS) is 18.3. The molecule has 2 saturated carbocycles. The van der Waals surface area contributed by atoms with Crippen LogP contribution < -0.4 is 0 Å². The highest BCUT2D eigenvalue weighted by Gasteiger charge is 2.29. The fraction of sp³-hybridized carbons (Fsp3) is 0.818. The average Bonchev–Trinajstić information content (AvgIpc) is 2.60. The third-order valence-electron chi connectivity index (χ3n) is 5.72. The number of carbonyl (C=O) groups excluding carboxylic acids is 2. The molecule has 0 bridgehead atoms. The molecule has 0 atom stereocenters. The minimum Gasteiger partial charge on any atom is -0.447 e. The van der Waals surface area contributed by atoms with E-state index in [1.165, 1.54) is 0 Å². The first-order valence-electron chi connectivity index (χ1n) is 10.5. The van der Waals surface area contributed by atoms with Gasteiger partial charge in [0.2, 0.25) is 0 Å². The molecule has 0 radical (unpaired) electrons. The van der Waals surface area contributed by atoms with E-state index in [-0.39, 0.29) is 0 Å². The van der Waals surface area contributed by atoms with Crippen LogP contribution in [0.1, 0.15) is 92.9 Å². The number of Topliss-reactive ketones (excluding diaryl/α,β-unsaturated/α-hetero) is 2. The second-order valence-electron chi connectivity index (χ2n) is 10.1. The van der Waals surface area contributed by atoms with Gasteiger partial charge in [0, 0.05) is 25.7 Å². The zero-order chi connectivity index (χ0) is 23.5. The maximum atomic E-state index is 10.9. The van der Waals surface area contributed by atoms with Gasteiger partial charge < -0.3 is 10.2 Å². The second kappa shape index (κ2) is 12.5. The molecule has 2 aliphatic rings. The van der Waals surface area contributed by atoms with Gasteiger partial charge in [-0.15, -0.1) is 0 Å². The van der Waals surface area contributed by atoms with Gasteiger partial charge in [-0.2, -0.15) is 0 Å². The van der Waals surface area contributed by atoms with Crippen molar-refractivity contribution in [3.05, 3.63) is 0 Å². The van der Waals surface area contributed by atoms with Gasteiger partial charge in [-0.3, -0.25) is 9.59 Å². The molecule has 8 nitrogen and oxygen atoms in total. The molecule has 0 heterocycles. The predicted octanol–water partition coefficient (Wildman–Crippen LogP) is 5.87. The first kappa shape index (κ1) is 27.9. The summed E-state index contributed by atoms with van der Waals surface area (Å²) in [4.78, 5) is 46.7. The molecular formula is C22H38O8. The smallest absolute Gasteiger partial charge is 0.447 e. The molecule has 2 N–H and O–H groups in total. The van der Waals surface area contributed by atoms with E-state index in [4.69, 9.17) is 10.2 Å². The van der Waals surface area contributed by atoms with Crippen LogP contribution in [0.4, 0.5) is 9.59 Å². The Labute approximate surface area is 179 Å². The van der Waals surface area contributed by atoms with Crippen LogP contribution in [0.3, 0.4) is 0 Å². The summed E-state index contributed by atoms with van der Waals surface area (Å²) >= 11 is 0. The SMILES string of the molecule is CC(C)(C)C1CCC(=O)CC1.CC(C)(C)C1CCC(=O)CC1.O=C(O)OOC(=O)O. The molecule has 0 aromatic rings. The van der Waals surface area contributed by atoms with Crippen LogP contribution in [0.25, 0.3) is 0 Å². The number of rotatable bonds is 0. The summed E-state index contributed by atoms with van der Waals surface area (Å²) in [6.45, 7) is 13.6. The zero-order valence-electron chi connectivity index (χ0n) is 19.2. The Morgan fingerprint density at radius 1 is 0.667 bits per heavy atom. The third-order valence-corrected chi connectivity index (χ3v) is 5.72. The van der Waals surface area contributed by atoms with E-state index in [1.807, 2.05) is 0 Å². The van der Waals surface area contributed by atoms with E-state index in [1.54, 1.807) is 0 Å². The van der Waals surface area contributed by atoms with E-state index in [0.29, 0.717) is 22.4 Å². The van der Waals surface area contributed by atoms with Crippen LogP contribution in [-0.2, 0) is 19.4 Å². The first-order chi connectivity index (χ1) is 13.6. The molecule has 0 aromatic carbocycles. The maximum Gasteiger partial charge on any atom is 0.547 e. The quantitative estimate of drug-likeness (QED) is 0.360. The summed E-state index contributed by atoms with van der Waals surface area (Å²) < 4.78 is 0. The lowest BCUT2D eigenvalue weighted by Crippen LogP contribution is -2.25. The number of ketones is 2. The Kier molecular flexibility index (Phi) is 11.7. The molecular weight excluding hydrogens is 392 g/mol. The van der Waals surface area contributed by atoms with Gasteiger partial charge in [-0.25, -0.2) is 19.4 Å². The Bertz CT molecular complexity index is 511. The molecule has 0 spiro atoms. The van der Waals surface area contributed by atoms with E-state index in [9.17, 15) is 19.2 Å². The van der Waals surface area contributed by atoms with E-state index >= 15 is 0 Å². The van der Waals surface area contributed by atoms with Crippen molar-refractivity contribution >= 4 is 23.9 Å². The molecule has 0 saturated heterocycles. The van der Waals surface area contributed by atoms with Gasteiger partial charge in [0.05, 0.1) is 0 Å². The van der Waals surface area contributed by atoms with Gasteiger partial charge >= 0.3 is 12.3 Å². The van der Waals surface area contributed by atoms with Crippen LogP contribution >= 0.6 is 0 Å². The monoisotopic (exact) mass is 430 g/mol. The van der Waals surface area contributed by atoms with Crippen molar-refractivity contribution in [3.8, 4) is 0 Å². The molecule has 0 amide bonds. The van der Waals surface area contributed by atoms with Crippen molar-refractivity contribution in [2.24, 2.45) is 22.7 Å². The van der Waals surface area contributed by atoms with Gasteiger partial charge in [-0.05, 0) is 48.3 Å². The largest absolute Gasteiger partial charge is 0.547 e. The summed E-state index contributed by atoms with van der Waals surface area (Å²) in [6, 6.07) is 0. The van der Waals surface area contributed by atoms with Gasteiger partial charge in [-0.1, -0.05) is 41.5 Å². The van der Waals surface area contributed by atoms with Crippen LogP contribution in [0.5, 0.6) is 0 Å². The Morgan fingerprint density at radius 3 is 1.07 bits per heavy atom. The maximum absolute atomic E-state index is 10.9. The number of hydrogen-bond acceptors (Lipinski definition) is 6. The lowest BCUT2D eigenvalue weighted by atomic mass is 9.72. The fourth-order valence-corrected chi connectivity index (χ4v) is 3.68.